The van der Waals surface area contributed by atoms with Crippen molar-refractivity contribution in [2.75, 3.05) is 5.32 Å². The summed E-state index contributed by atoms with van der Waals surface area (Å²) >= 11 is 9.40. The summed E-state index contributed by atoms with van der Waals surface area (Å²) in [5, 5.41) is 3.36. The highest BCUT2D eigenvalue weighted by Crippen LogP contribution is 2.24. The molecule has 0 radical (unpaired) electrons. The Morgan fingerprint density at radius 1 is 1.16 bits per heavy atom. The van der Waals surface area contributed by atoms with Crippen LogP contribution < -0.4 is 5.32 Å². The van der Waals surface area contributed by atoms with Gasteiger partial charge in [0.25, 0.3) is 5.91 Å². The molecule has 1 N–H and O–H groups in total. The Balaban J connectivity index is 2.34. The first-order valence-electron chi connectivity index (χ1n) is 5.81. The molecule has 0 atom stereocenters. The van der Waals surface area contributed by atoms with E-state index in [0.29, 0.717) is 10.6 Å². The largest absolute Gasteiger partial charge is 0.321 e. The van der Waals surface area contributed by atoms with Crippen LogP contribution in [0, 0.1) is 13.8 Å². The van der Waals surface area contributed by atoms with Gasteiger partial charge in [-0.05, 0) is 43.2 Å². The van der Waals surface area contributed by atoms with Crippen molar-refractivity contribution in [3.63, 3.8) is 0 Å². The van der Waals surface area contributed by atoms with Gasteiger partial charge in [-0.15, -0.1) is 0 Å². The lowest BCUT2D eigenvalue weighted by Gasteiger charge is -2.12. The van der Waals surface area contributed by atoms with E-state index in [4.69, 9.17) is 11.6 Å². The number of aryl methyl sites for hydroxylation is 2. The molecule has 0 bridgehead atoms. The molecular formula is C15H13BrClNO. The number of halogens is 2. The van der Waals surface area contributed by atoms with Gasteiger partial charge in [0.15, 0.2) is 0 Å². The summed E-state index contributed by atoms with van der Waals surface area (Å²) in [6.07, 6.45) is 0. The quantitative estimate of drug-likeness (QED) is 0.823. The Kier molecular flexibility index (Phi) is 4.27. The Hall–Kier alpha value is -1.32. The first-order valence-corrected chi connectivity index (χ1v) is 6.99. The molecule has 98 valence electrons. The number of benzene rings is 2. The summed E-state index contributed by atoms with van der Waals surface area (Å²) in [5.74, 6) is -0.205. The monoisotopic (exact) mass is 337 g/mol. The first-order chi connectivity index (χ1) is 8.99. The second-order valence-electron chi connectivity index (χ2n) is 4.35. The molecular weight excluding hydrogens is 326 g/mol. The molecule has 2 nitrogen and oxygen atoms in total. The average Bonchev–Trinajstić information content (AvgIpc) is 2.37. The van der Waals surface area contributed by atoms with Crippen LogP contribution in [0.2, 0.25) is 5.02 Å². The zero-order valence-corrected chi connectivity index (χ0v) is 13.0. The third kappa shape index (κ3) is 3.17. The molecule has 1 amide bonds. The predicted octanol–water partition coefficient (Wildman–Crippen LogP) is 4.97. The molecule has 0 unspecified atom stereocenters. The summed E-state index contributed by atoms with van der Waals surface area (Å²) in [6.45, 7) is 3.93. The van der Waals surface area contributed by atoms with Gasteiger partial charge >= 0.3 is 0 Å². The van der Waals surface area contributed by atoms with Crippen molar-refractivity contribution in [3.05, 3.63) is 62.6 Å². The number of nitrogens with one attached hydrogen (secondary N) is 1. The number of rotatable bonds is 2. The maximum atomic E-state index is 12.3. The highest BCUT2D eigenvalue weighted by atomic mass is 79.9. The lowest BCUT2D eigenvalue weighted by atomic mass is 10.1. The Morgan fingerprint density at radius 3 is 2.42 bits per heavy atom. The van der Waals surface area contributed by atoms with Crippen molar-refractivity contribution >= 4 is 39.1 Å². The Morgan fingerprint density at radius 2 is 1.79 bits per heavy atom. The average molecular weight is 339 g/mol. The van der Waals surface area contributed by atoms with Gasteiger partial charge in [-0.2, -0.15) is 0 Å². The molecule has 4 heteroatoms. The van der Waals surface area contributed by atoms with Gasteiger partial charge in [-0.25, -0.2) is 0 Å². The normalized spacial score (nSPS) is 10.3. The van der Waals surface area contributed by atoms with Crippen molar-refractivity contribution in [1.29, 1.82) is 0 Å². The molecule has 0 aliphatic heterocycles. The van der Waals surface area contributed by atoms with Crippen LogP contribution in [0.4, 0.5) is 5.69 Å². The molecule has 0 saturated carbocycles. The molecule has 0 fully saturated rings. The van der Waals surface area contributed by atoms with Crippen LogP contribution in [-0.2, 0) is 0 Å². The number of amides is 1. The highest BCUT2D eigenvalue weighted by Gasteiger charge is 2.13. The number of carbonyl (C=O) groups is 1. The lowest BCUT2D eigenvalue weighted by Crippen LogP contribution is -2.14. The van der Waals surface area contributed by atoms with Gasteiger partial charge in [0.05, 0.1) is 10.6 Å². The van der Waals surface area contributed by atoms with Gasteiger partial charge < -0.3 is 5.32 Å². The number of hydrogen-bond donors (Lipinski definition) is 1. The summed E-state index contributed by atoms with van der Waals surface area (Å²) in [5.41, 5.74) is 3.35. The third-order valence-electron chi connectivity index (χ3n) is 2.89. The van der Waals surface area contributed by atoms with Crippen LogP contribution in [0.5, 0.6) is 0 Å². The van der Waals surface area contributed by atoms with E-state index in [1.807, 2.05) is 32.0 Å². The van der Waals surface area contributed by atoms with Crippen LogP contribution in [0.1, 0.15) is 21.5 Å². The van der Waals surface area contributed by atoms with Crippen molar-refractivity contribution in [2.24, 2.45) is 0 Å². The second-order valence-corrected chi connectivity index (χ2v) is 5.67. The molecule has 0 saturated heterocycles. The predicted molar refractivity (Wildman–Crippen MR) is 83.0 cm³/mol. The van der Waals surface area contributed by atoms with E-state index in [-0.39, 0.29) is 5.91 Å². The van der Waals surface area contributed by atoms with E-state index < -0.39 is 0 Å². The SMILES string of the molecule is Cc1cccc(C)c1NC(=O)c1cc(Br)ccc1Cl. The number of para-hydroxylation sites is 1. The molecule has 19 heavy (non-hydrogen) atoms. The Labute approximate surface area is 125 Å². The molecule has 2 aromatic rings. The summed E-state index contributed by atoms with van der Waals surface area (Å²) in [4.78, 5) is 12.3. The van der Waals surface area contributed by atoms with Crippen molar-refractivity contribution in [3.8, 4) is 0 Å². The van der Waals surface area contributed by atoms with Crippen LogP contribution >= 0.6 is 27.5 Å². The Bertz CT molecular complexity index is 620. The van der Waals surface area contributed by atoms with E-state index >= 15 is 0 Å². The third-order valence-corrected chi connectivity index (χ3v) is 3.72. The van der Waals surface area contributed by atoms with E-state index in [2.05, 4.69) is 21.2 Å². The zero-order chi connectivity index (χ0) is 14.0. The molecule has 2 rings (SSSR count). The van der Waals surface area contributed by atoms with Gasteiger partial charge in [0.1, 0.15) is 0 Å². The standard InChI is InChI=1S/C15H13BrClNO/c1-9-4-3-5-10(2)14(9)18-15(19)12-8-11(16)6-7-13(12)17/h3-8H,1-2H3,(H,18,19). The maximum absolute atomic E-state index is 12.3. The summed E-state index contributed by atoms with van der Waals surface area (Å²) in [6, 6.07) is 11.1. The van der Waals surface area contributed by atoms with E-state index in [1.165, 1.54) is 0 Å². The van der Waals surface area contributed by atoms with E-state index in [0.717, 1.165) is 21.3 Å². The summed E-state index contributed by atoms with van der Waals surface area (Å²) < 4.78 is 0.823. The topological polar surface area (TPSA) is 29.1 Å². The van der Waals surface area contributed by atoms with Gasteiger partial charge in [0.2, 0.25) is 0 Å². The highest BCUT2D eigenvalue weighted by molar-refractivity contribution is 9.10. The van der Waals surface area contributed by atoms with Crippen LogP contribution in [-0.4, -0.2) is 5.91 Å². The minimum Gasteiger partial charge on any atom is -0.321 e. The minimum absolute atomic E-state index is 0.205. The molecule has 0 aliphatic rings. The molecule has 0 heterocycles. The van der Waals surface area contributed by atoms with Crippen molar-refractivity contribution in [2.45, 2.75) is 13.8 Å². The maximum Gasteiger partial charge on any atom is 0.257 e. The smallest absolute Gasteiger partial charge is 0.257 e. The number of anilines is 1. The fourth-order valence-electron chi connectivity index (χ4n) is 1.86. The van der Waals surface area contributed by atoms with Crippen molar-refractivity contribution in [1.82, 2.24) is 0 Å². The zero-order valence-electron chi connectivity index (χ0n) is 10.6. The fraction of sp³-hybridized carbons (Fsp3) is 0.133. The molecule has 0 spiro atoms. The van der Waals surface area contributed by atoms with Gasteiger partial charge in [0, 0.05) is 10.2 Å². The van der Waals surface area contributed by atoms with Gasteiger partial charge in [-0.1, -0.05) is 45.7 Å². The lowest BCUT2D eigenvalue weighted by molar-refractivity contribution is 0.102. The number of hydrogen-bond acceptors (Lipinski definition) is 1. The fourth-order valence-corrected chi connectivity index (χ4v) is 2.43. The van der Waals surface area contributed by atoms with E-state index in [1.54, 1.807) is 18.2 Å². The first kappa shape index (κ1) is 14.1. The molecule has 2 aromatic carbocycles. The van der Waals surface area contributed by atoms with Crippen molar-refractivity contribution < 1.29 is 4.79 Å². The minimum atomic E-state index is -0.205. The number of carbonyl (C=O) groups excluding carboxylic acids is 1. The van der Waals surface area contributed by atoms with Gasteiger partial charge in [-0.3, -0.25) is 4.79 Å². The molecule has 0 aromatic heterocycles. The van der Waals surface area contributed by atoms with Crippen LogP contribution in [0.15, 0.2) is 40.9 Å². The van der Waals surface area contributed by atoms with Crippen LogP contribution in [0.25, 0.3) is 0 Å². The molecule has 0 aliphatic carbocycles. The van der Waals surface area contributed by atoms with Crippen LogP contribution in [0.3, 0.4) is 0 Å². The second kappa shape index (κ2) is 5.76. The van der Waals surface area contributed by atoms with E-state index in [9.17, 15) is 4.79 Å². The summed E-state index contributed by atoms with van der Waals surface area (Å²) in [7, 11) is 0.